The predicted octanol–water partition coefficient (Wildman–Crippen LogP) is 6.24. The Hall–Kier alpha value is -3.42. The van der Waals surface area contributed by atoms with Gasteiger partial charge in [0.05, 0.1) is 17.0 Å². The van der Waals surface area contributed by atoms with E-state index in [1.165, 1.54) is 12.1 Å². The van der Waals surface area contributed by atoms with Crippen LogP contribution in [0.1, 0.15) is 27.0 Å². The highest BCUT2D eigenvalue weighted by molar-refractivity contribution is 8.18. The summed E-state index contributed by atoms with van der Waals surface area (Å²) in [5, 5.41) is -0.288. The molecule has 2 amide bonds. The van der Waals surface area contributed by atoms with Gasteiger partial charge in [-0.1, -0.05) is 47.5 Å². The fourth-order valence-corrected chi connectivity index (χ4v) is 4.24. The van der Waals surface area contributed by atoms with E-state index in [1.54, 1.807) is 48.5 Å². The van der Waals surface area contributed by atoms with Crippen molar-refractivity contribution in [1.82, 2.24) is 4.90 Å². The minimum absolute atomic E-state index is 0.0467. The number of halogens is 2. The number of benzene rings is 3. The predicted molar refractivity (Wildman–Crippen MR) is 126 cm³/mol. The Bertz CT molecular complexity index is 1290. The number of thioether (sulfide) groups is 1. The molecule has 0 N–H and O–H groups in total. The van der Waals surface area contributed by atoms with Gasteiger partial charge in [0.2, 0.25) is 0 Å². The lowest BCUT2D eigenvalue weighted by atomic mass is 10.1. The second kappa shape index (κ2) is 9.60. The number of hydrogen-bond acceptors (Lipinski definition) is 5. The second-order valence-electron chi connectivity index (χ2n) is 7.33. The van der Waals surface area contributed by atoms with Gasteiger partial charge in [0.15, 0.2) is 0 Å². The van der Waals surface area contributed by atoms with Crippen molar-refractivity contribution in [1.29, 1.82) is 0 Å². The van der Waals surface area contributed by atoms with Gasteiger partial charge >= 0.3 is 5.97 Å². The Kier molecular flexibility index (Phi) is 6.62. The minimum atomic E-state index is -0.495. The molecule has 8 heteroatoms. The monoisotopic (exact) mass is 481 g/mol. The average molecular weight is 482 g/mol. The molecule has 3 aromatic carbocycles. The first kappa shape index (κ1) is 22.8. The maximum atomic E-state index is 13.2. The number of esters is 1. The van der Waals surface area contributed by atoms with Crippen molar-refractivity contribution in [3.8, 4) is 5.75 Å². The van der Waals surface area contributed by atoms with Gasteiger partial charge in [0, 0.05) is 5.02 Å². The molecule has 0 spiro atoms. The number of hydrogen-bond donors (Lipinski definition) is 0. The lowest BCUT2D eigenvalue weighted by Gasteiger charge is -2.13. The second-order valence-corrected chi connectivity index (χ2v) is 8.73. The molecule has 33 heavy (non-hydrogen) atoms. The first-order chi connectivity index (χ1) is 15.8. The van der Waals surface area contributed by atoms with E-state index >= 15 is 0 Å². The molecule has 3 aromatic rings. The molecule has 1 fully saturated rings. The van der Waals surface area contributed by atoms with E-state index in [1.807, 2.05) is 13.0 Å². The third-order valence-corrected chi connectivity index (χ3v) is 6.12. The van der Waals surface area contributed by atoms with Crippen molar-refractivity contribution in [2.75, 3.05) is 0 Å². The third-order valence-electron chi connectivity index (χ3n) is 4.86. The summed E-state index contributed by atoms with van der Waals surface area (Å²) < 4.78 is 18.6. The first-order valence-electron chi connectivity index (χ1n) is 9.88. The lowest BCUT2D eigenvalue weighted by molar-refractivity contribution is -0.123. The van der Waals surface area contributed by atoms with E-state index in [2.05, 4.69) is 0 Å². The van der Waals surface area contributed by atoms with Gasteiger partial charge < -0.3 is 4.74 Å². The molecule has 0 atom stereocenters. The Morgan fingerprint density at radius 3 is 2.55 bits per heavy atom. The van der Waals surface area contributed by atoms with Gasteiger partial charge in [-0.05, 0) is 72.3 Å². The maximum Gasteiger partial charge on any atom is 0.343 e. The van der Waals surface area contributed by atoms with Crippen LogP contribution in [-0.4, -0.2) is 22.0 Å². The van der Waals surface area contributed by atoms with Crippen molar-refractivity contribution < 1.29 is 23.5 Å². The zero-order valence-corrected chi connectivity index (χ0v) is 19.0. The third kappa shape index (κ3) is 5.32. The highest BCUT2D eigenvalue weighted by Gasteiger charge is 2.35. The molecule has 0 saturated carbocycles. The SMILES string of the molecule is Cc1cccc(C(=O)Oc2ccc(/C=C3\SC(=O)N(Cc4ccc(F)cc4Cl)C3=O)cc2)c1. The number of amides is 2. The Balaban J connectivity index is 1.45. The van der Waals surface area contributed by atoms with E-state index in [9.17, 15) is 18.8 Å². The van der Waals surface area contributed by atoms with Crippen LogP contribution < -0.4 is 4.74 Å². The zero-order valence-electron chi connectivity index (χ0n) is 17.4. The van der Waals surface area contributed by atoms with Gasteiger partial charge in [-0.3, -0.25) is 14.5 Å². The Morgan fingerprint density at radius 1 is 1.09 bits per heavy atom. The number of ether oxygens (including phenoxy) is 1. The lowest BCUT2D eigenvalue weighted by Crippen LogP contribution is -2.27. The van der Waals surface area contributed by atoms with Gasteiger partial charge in [-0.15, -0.1) is 0 Å². The van der Waals surface area contributed by atoms with Crippen molar-refractivity contribution >= 4 is 46.6 Å². The first-order valence-corrected chi connectivity index (χ1v) is 11.1. The van der Waals surface area contributed by atoms with Gasteiger partial charge in [0.25, 0.3) is 11.1 Å². The molecule has 166 valence electrons. The van der Waals surface area contributed by atoms with Crippen LogP contribution in [0.15, 0.2) is 71.6 Å². The summed E-state index contributed by atoms with van der Waals surface area (Å²) in [4.78, 5) is 38.7. The summed E-state index contributed by atoms with van der Waals surface area (Å²) in [5.41, 5.74) is 2.54. The fourth-order valence-electron chi connectivity index (χ4n) is 3.18. The Labute approximate surface area is 198 Å². The standard InChI is InChI=1S/C25H17ClFNO4S/c1-15-3-2-4-17(11-15)24(30)32-20-9-5-16(6-10-20)12-22-23(29)28(25(31)33-22)14-18-7-8-19(27)13-21(18)26/h2-13H,14H2,1H3/b22-12-. The van der Waals surface area contributed by atoms with Crippen molar-refractivity contribution in [2.45, 2.75) is 13.5 Å². The normalized spacial score (nSPS) is 14.8. The molecular weight excluding hydrogens is 465 g/mol. The summed E-state index contributed by atoms with van der Waals surface area (Å²) in [6, 6.07) is 17.5. The van der Waals surface area contributed by atoms with Crippen LogP contribution in [0.5, 0.6) is 5.75 Å². The summed E-state index contributed by atoms with van der Waals surface area (Å²) >= 11 is 6.83. The number of carbonyl (C=O) groups excluding carboxylic acids is 3. The largest absolute Gasteiger partial charge is 0.423 e. The highest BCUT2D eigenvalue weighted by atomic mass is 35.5. The molecule has 0 aromatic heterocycles. The number of carbonyl (C=O) groups is 3. The quantitative estimate of drug-likeness (QED) is 0.245. The van der Waals surface area contributed by atoms with Crippen LogP contribution in [0.2, 0.25) is 5.02 Å². The Morgan fingerprint density at radius 2 is 1.85 bits per heavy atom. The van der Waals surface area contributed by atoms with Crippen LogP contribution >= 0.6 is 23.4 Å². The summed E-state index contributed by atoms with van der Waals surface area (Å²) in [6.45, 7) is 1.84. The molecular formula is C25H17ClFNO4S. The average Bonchev–Trinajstić information content (AvgIpc) is 3.04. The molecule has 0 radical (unpaired) electrons. The summed E-state index contributed by atoms with van der Waals surface area (Å²) in [6.07, 6.45) is 1.59. The van der Waals surface area contributed by atoms with E-state index in [0.717, 1.165) is 28.3 Å². The maximum absolute atomic E-state index is 13.2. The highest BCUT2D eigenvalue weighted by Crippen LogP contribution is 2.34. The molecule has 1 saturated heterocycles. The van der Waals surface area contributed by atoms with Crippen LogP contribution in [0.4, 0.5) is 9.18 Å². The summed E-state index contributed by atoms with van der Waals surface area (Å²) in [5.74, 6) is -1.06. The van der Waals surface area contributed by atoms with Gasteiger partial charge in [0.1, 0.15) is 11.6 Å². The van der Waals surface area contributed by atoms with E-state index in [4.69, 9.17) is 16.3 Å². The molecule has 4 rings (SSSR count). The molecule has 1 aliphatic heterocycles. The zero-order chi connectivity index (χ0) is 23.5. The van der Waals surface area contributed by atoms with E-state index in [-0.39, 0.29) is 16.5 Å². The topological polar surface area (TPSA) is 63.7 Å². The number of aryl methyl sites for hydroxylation is 1. The minimum Gasteiger partial charge on any atom is -0.423 e. The molecule has 0 unspecified atom stereocenters. The van der Waals surface area contributed by atoms with Crippen molar-refractivity contribution in [3.63, 3.8) is 0 Å². The molecule has 1 heterocycles. The van der Waals surface area contributed by atoms with Gasteiger partial charge in [-0.25, -0.2) is 9.18 Å². The molecule has 5 nitrogen and oxygen atoms in total. The summed E-state index contributed by atoms with van der Waals surface area (Å²) in [7, 11) is 0. The number of nitrogens with zero attached hydrogens (tertiary/aromatic N) is 1. The molecule has 1 aliphatic rings. The molecule has 0 aliphatic carbocycles. The fraction of sp³-hybridized carbons (Fsp3) is 0.0800. The number of imide groups is 1. The van der Waals surface area contributed by atoms with E-state index in [0.29, 0.717) is 22.4 Å². The smallest absolute Gasteiger partial charge is 0.343 e. The molecule has 0 bridgehead atoms. The van der Waals surface area contributed by atoms with E-state index < -0.39 is 22.9 Å². The van der Waals surface area contributed by atoms with Crippen molar-refractivity contribution in [2.24, 2.45) is 0 Å². The van der Waals surface area contributed by atoms with Crippen molar-refractivity contribution in [3.05, 3.63) is 105 Å². The van der Waals surface area contributed by atoms with Crippen LogP contribution in [-0.2, 0) is 11.3 Å². The number of rotatable bonds is 5. The van der Waals surface area contributed by atoms with Crippen LogP contribution in [0.3, 0.4) is 0 Å². The van der Waals surface area contributed by atoms with Crippen LogP contribution in [0.25, 0.3) is 6.08 Å². The van der Waals surface area contributed by atoms with Gasteiger partial charge in [-0.2, -0.15) is 0 Å². The van der Waals surface area contributed by atoms with Crippen LogP contribution in [0, 0.1) is 12.7 Å².